The van der Waals surface area contributed by atoms with E-state index in [-0.39, 0.29) is 5.56 Å². The van der Waals surface area contributed by atoms with Gasteiger partial charge in [0.2, 0.25) is 0 Å². The monoisotopic (exact) mass is 375 g/mol. The van der Waals surface area contributed by atoms with Gasteiger partial charge in [-0.05, 0) is 18.2 Å². The summed E-state index contributed by atoms with van der Waals surface area (Å²) in [5.41, 5.74) is 0.251. The van der Waals surface area contributed by atoms with Gasteiger partial charge in [0.15, 0.2) is 0 Å². The Labute approximate surface area is 150 Å². The molecule has 0 bridgehead atoms. The number of rotatable bonds is 8. The number of hydrogen-bond donors (Lipinski definition) is 2. The van der Waals surface area contributed by atoms with Crippen molar-refractivity contribution in [1.29, 1.82) is 0 Å². The zero-order valence-corrected chi connectivity index (χ0v) is 14.6. The number of benzene rings is 1. The van der Waals surface area contributed by atoms with Crippen LogP contribution in [0.15, 0.2) is 24.3 Å². The van der Waals surface area contributed by atoms with Gasteiger partial charge in [-0.2, -0.15) is 13.2 Å². The van der Waals surface area contributed by atoms with Crippen LogP contribution in [0.25, 0.3) is 0 Å². The van der Waals surface area contributed by atoms with Crippen molar-refractivity contribution in [1.82, 2.24) is 15.5 Å². The number of piperazine rings is 1. The molecule has 9 heteroatoms. The van der Waals surface area contributed by atoms with E-state index >= 15 is 0 Å². The molecule has 1 unspecified atom stereocenters. The van der Waals surface area contributed by atoms with Crippen LogP contribution in [-0.4, -0.2) is 76.1 Å². The second-order valence-electron chi connectivity index (χ2n) is 5.92. The molecule has 146 valence electrons. The van der Waals surface area contributed by atoms with Gasteiger partial charge in [0.05, 0.1) is 6.61 Å². The molecule has 1 amide bonds. The summed E-state index contributed by atoms with van der Waals surface area (Å²) < 4.78 is 50.3. The van der Waals surface area contributed by atoms with E-state index in [1.54, 1.807) is 19.2 Å². The SMILES string of the molecule is COCCOc1cccc(C(=O)NCC(N2CCNCC2)C(F)(F)F)c1. The third-order valence-electron chi connectivity index (χ3n) is 4.08. The fraction of sp³-hybridized carbons (Fsp3) is 0.588. The topological polar surface area (TPSA) is 62.8 Å². The maximum Gasteiger partial charge on any atom is 0.405 e. The molecular weight excluding hydrogens is 351 g/mol. The first-order valence-corrected chi connectivity index (χ1v) is 8.43. The van der Waals surface area contributed by atoms with Gasteiger partial charge >= 0.3 is 6.18 Å². The number of alkyl halides is 3. The summed E-state index contributed by atoms with van der Waals surface area (Å²) in [6.07, 6.45) is -4.41. The minimum Gasteiger partial charge on any atom is -0.491 e. The highest BCUT2D eigenvalue weighted by atomic mass is 19.4. The summed E-state index contributed by atoms with van der Waals surface area (Å²) in [4.78, 5) is 13.6. The van der Waals surface area contributed by atoms with Gasteiger partial charge in [-0.15, -0.1) is 0 Å². The summed E-state index contributed by atoms with van der Waals surface area (Å²) in [6.45, 7) is 1.82. The van der Waals surface area contributed by atoms with Crippen molar-refractivity contribution in [3.63, 3.8) is 0 Å². The molecule has 1 aromatic carbocycles. The largest absolute Gasteiger partial charge is 0.491 e. The lowest BCUT2D eigenvalue weighted by molar-refractivity contribution is -0.183. The fourth-order valence-electron chi connectivity index (χ4n) is 2.71. The van der Waals surface area contributed by atoms with Crippen LogP contribution in [0.4, 0.5) is 13.2 Å². The maximum absolute atomic E-state index is 13.3. The Balaban J connectivity index is 1.95. The molecule has 0 radical (unpaired) electrons. The summed E-state index contributed by atoms with van der Waals surface area (Å²) in [5, 5.41) is 5.42. The van der Waals surface area contributed by atoms with Crippen molar-refractivity contribution in [2.24, 2.45) is 0 Å². The standard InChI is InChI=1S/C17H24F3N3O3/c1-25-9-10-26-14-4-2-3-13(11-14)16(24)22-12-15(17(18,19)20)23-7-5-21-6-8-23/h2-4,11,15,21H,5-10,12H2,1H3,(H,22,24). The quantitative estimate of drug-likeness (QED) is 0.671. The Hall–Kier alpha value is -1.84. The molecule has 1 aromatic rings. The molecule has 2 rings (SSSR count). The number of halogens is 3. The summed E-state index contributed by atoms with van der Waals surface area (Å²) in [6, 6.07) is 4.62. The molecule has 0 aromatic heterocycles. The number of carbonyl (C=O) groups excluding carboxylic acids is 1. The van der Waals surface area contributed by atoms with Crippen LogP contribution < -0.4 is 15.4 Å². The molecule has 1 fully saturated rings. The highest BCUT2D eigenvalue weighted by molar-refractivity contribution is 5.94. The Morgan fingerprint density at radius 3 is 2.69 bits per heavy atom. The molecule has 6 nitrogen and oxygen atoms in total. The zero-order chi connectivity index (χ0) is 19.0. The van der Waals surface area contributed by atoms with E-state index in [9.17, 15) is 18.0 Å². The van der Waals surface area contributed by atoms with Gasteiger partial charge in [-0.25, -0.2) is 0 Å². The van der Waals surface area contributed by atoms with E-state index in [0.29, 0.717) is 45.1 Å². The molecule has 2 N–H and O–H groups in total. The number of carbonyl (C=O) groups is 1. The van der Waals surface area contributed by atoms with E-state index in [4.69, 9.17) is 9.47 Å². The first-order valence-electron chi connectivity index (χ1n) is 8.43. The van der Waals surface area contributed by atoms with Gasteiger partial charge in [0.1, 0.15) is 18.4 Å². The lowest BCUT2D eigenvalue weighted by Gasteiger charge is -2.35. The molecule has 1 atom stereocenters. The summed E-state index contributed by atoms with van der Waals surface area (Å²) in [5.74, 6) is -0.101. The molecule has 1 saturated heterocycles. The van der Waals surface area contributed by atoms with Crippen molar-refractivity contribution in [2.75, 3.05) is 53.0 Å². The van der Waals surface area contributed by atoms with E-state index in [1.165, 1.54) is 17.0 Å². The van der Waals surface area contributed by atoms with Gasteiger partial charge in [-0.1, -0.05) is 6.07 Å². The van der Waals surface area contributed by atoms with E-state index in [1.807, 2.05) is 0 Å². The van der Waals surface area contributed by atoms with Crippen molar-refractivity contribution < 1.29 is 27.4 Å². The molecule has 26 heavy (non-hydrogen) atoms. The van der Waals surface area contributed by atoms with E-state index < -0.39 is 24.7 Å². The number of nitrogens with zero attached hydrogens (tertiary/aromatic N) is 1. The molecule has 1 aliphatic rings. The van der Waals surface area contributed by atoms with Crippen LogP contribution in [0.1, 0.15) is 10.4 Å². The van der Waals surface area contributed by atoms with Gasteiger partial charge in [-0.3, -0.25) is 9.69 Å². The number of nitrogens with one attached hydrogen (secondary N) is 2. The summed E-state index contributed by atoms with van der Waals surface area (Å²) >= 11 is 0. The van der Waals surface area contributed by atoms with Crippen LogP contribution in [0.5, 0.6) is 5.75 Å². The van der Waals surface area contributed by atoms with E-state index in [2.05, 4.69) is 10.6 Å². The van der Waals surface area contributed by atoms with Crippen LogP contribution in [0.2, 0.25) is 0 Å². The molecule has 1 heterocycles. The number of ether oxygens (including phenoxy) is 2. The Morgan fingerprint density at radius 2 is 2.04 bits per heavy atom. The third-order valence-corrected chi connectivity index (χ3v) is 4.08. The lowest BCUT2D eigenvalue weighted by atomic mass is 10.1. The van der Waals surface area contributed by atoms with Gasteiger partial charge in [0, 0.05) is 45.4 Å². The summed E-state index contributed by atoms with van der Waals surface area (Å²) in [7, 11) is 1.54. The first kappa shape index (κ1) is 20.5. The minimum absolute atomic E-state index is 0.251. The number of methoxy groups -OCH3 is 1. The maximum atomic E-state index is 13.3. The average molecular weight is 375 g/mol. The van der Waals surface area contributed by atoms with Crippen molar-refractivity contribution in [3.05, 3.63) is 29.8 Å². The van der Waals surface area contributed by atoms with Crippen LogP contribution in [0.3, 0.4) is 0 Å². The second-order valence-corrected chi connectivity index (χ2v) is 5.92. The molecule has 0 spiro atoms. The predicted molar refractivity (Wildman–Crippen MR) is 90.4 cm³/mol. The van der Waals surface area contributed by atoms with Crippen LogP contribution in [-0.2, 0) is 4.74 Å². The highest BCUT2D eigenvalue weighted by Gasteiger charge is 2.43. The highest BCUT2D eigenvalue weighted by Crippen LogP contribution is 2.25. The number of amides is 1. The Morgan fingerprint density at radius 1 is 1.31 bits per heavy atom. The molecular formula is C17H24F3N3O3. The predicted octanol–water partition coefficient (Wildman–Crippen LogP) is 1.28. The minimum atomic E-state index is -4.41. The number of hydrogen-bond acceptors (Lipinski definition) is 5. The van der Waals surface area contributed by atoms with Gasteiger partial charge < -0.3 is 20.1 Å². The zero-order valence-electron chi connectivity index (χ0n) is 14.6. The van der Waals surface area contributed by atoms with Crippen molar-refractivity contribution >= 4 is 5.91 Å². The van der Waals surface area contributed by atoms with Gasteiger partial charge in [0.25, 0.3) is 5.91 Å². The first-order chi connectivity index (χ1) is 12.4. The fourth-order valence-corrected chi connectivity index (χ4v) is 2.71. The normalized spacial score (nSPS) is 16.9. The van der Waals surface area contributed by atoms with E-state index in [0.717, 1.165) is 0 Å². The Bertz CT molecular complexity index is 578. The lowest BCUT2D eigenvalue weighted by Crippen LogP contribution is -2.57. The molecule has 1 aliphatic heterocycles. The van der Waals surface area contributed by atoms with Crippen LogP contribution >= 0.6 is 0 Å². The van der Waals surface area contributed by atoms with Crippen molar-refractivity contribution in [2.45, 2.75) is 12.2 Å². The molecule has 0 saturated carbocycles. The molecule has 0 aliphatic carbocycles. The Kier molecular flexibility index (Phi) is 7.67. The second kappa shape index (κ2) is 9.75. The van der Waals surface area contributed by atoms with Crippen LogP contribution in [0, 0.1) is 0 Å². The smallest absolute Gasteiger partial charge is 0.405 e. The van der Waals surface area contributed by atoms with Crippen molar-refractivity contribution in [3.8, 4) is 5.75 Å². The average Bonchev–Trinajstić information content (AvgIpc) is 2.62. The third kappa shape index (κ3) is 6.15.